The van der Waals surface area contributed by atoms with Crippen molar-refractivity contribution in [2.24, 2.45) is 11.1 Å². The van der Waals surface area contributed by atoms with Gasteiger partial charge in [0, 0.05) is 17.2 Å². The number of alkyl halides is 6. The summed E-state index contributed by atoms with van der Waals surface area (Å²) in [6, 6.07) is 6.19. The molecule has 0 saturated heterocycles. The molecule has 1 aliphatic carbocycles. The summed E-state index contributed by atoms with van der Waals surface area (Å²) in [4.78, 5) is 17.2. The number of rotatable bonds is 4. The maximum absolute atomic E-state index is 14.7. The van der Waals surface area contributed by atoms with E-state index in [9.17, 15) is 35.5 Å². The summed E-state index contributed by atoms with van der Waals surface area (Å²) in [5, 5.41) is 13.9. The van der Waals surface area contributed by atoms with Crippen LogP contribution in [0.2, 0.25) is 5.02 Å². The first-order chi connectivity index (χ1) is 17.2. The molecule has 4 rings (SSSR count). The van der Waals surface area contributed by atoms with E-state index >= 15 is 0 Å². The van der Waals surface area contributed by atoms with E-state index in [4.69, 9.17) is 16.9 Å². The van der Waals surface area contributed by atoms with Gasteiger partial charge in [-0.15, -0.1) is 0 Å². The molecule has 2 aromatic rings. The van der Waals surface area contributed by atoms with Crippen molar-refractivity contribution in [2.75, 3.05) is 0 Å². The SMILES string of the molecule is Cc1cc(C2=NO[C@@](c3cc(C(F)(F)F)cc(Cl)c3F)(C(F)(F)F)C2)ccc1C(=O)NC1CC(C#N)C1. The molecule has 1 atom stereocenters. The lowest BCUT2D eigenvalue weighted by atomic mass is 9.81. The van der Waals surface area contributed by atoms with Crippen LogP contribution in [0.1, 0.15) is 51.9 Å². The largest absolute Gasteiger partial charge is 0.435 e. The summed E-state index contributed by atoms with van der Waals surface area (Å²) in [5.74, 6) is -2.26. The van der Waals surface area contributed by atoms with Crippen LogP contribution in [-0.4, -0.2) is 23.8 Å². The first kappa shape index (κ1) is 26.7. The molecule has 1 amide bonds. The van der Waals surface area contributed by atoms with Gasteiger partial charge in [0.15, 0.2) is 0 Å². The highest BCUT2D eigenvalue weighted by atomic mass is 35.5. The first-order valence-electron chi connectivity index (χ1n) is 10.9. The summed E-state index contributed by atoms with van der Waals surface area (Å²) in [5.41, 5.74) is -6.16. The number of benzene rings is 2. The van der Waals surface area contributed by atoms with Gasteiger partial charge in [-0.3, -0.25) is 4.79 Å². The Kier molecular flexibility index (Phi) is 6.65. The summed E-state index contributed by atoms with van der Waals surface area (Å²) >= 11 is 5.51. The molecule has 5 nitrogen and oxygen atoms in total. The van der Waals surface area contributed by atoms with Crippen LogP contribution in [0.4, 0.5) is 30.7 Å². The van der Waals surface area contributed by atoms with Gasteiger partial charge < -0.3 is 10.2 Å². The Hall–Kier alpha value is -3.33. The van der Waals surface area contributed by atoms with Crippen molar-refractivity contribution in [1.29, 1.82) is 5.26 Å². The molecule has 0 aromatic heterocycles. The third-order valence-electron chi connectivity index (χ3n) is 6.44. The zero-order chi connectivity index (χ0) is 27.3. The number of nitrogens with one attached hydrogen (secondary N) is 1. The molecular formula is C24H17ClF7N3O2. The topological polar surface area (TPSA) is 74.5 Å². The number of halogens is 8. The second-order valence-electron chi connectivity index (χ2n) is 8.95. The summed E-state index contributed by atoms with van der Waals surface area (Å²) in [7, 11) is 0. The Balaban J connectivity index is 1.63. The van der Waals surface area contributed by atoms with Gasteiger partial charge in [-0.1, -0.05) is 22.8 Å². The Morgan fingerprint density at radius 2 is 1.86 bits per heavy atom. The van der Waals surface area contributed by atoms with Crippen LogP contribution in [0, 0.1) is 30.0 Å². The zero-order valence-electron chi connectivity index (χ0n) is 18.9. The molecule has 196 valence electrons. The number of nitriles is 1. The fourth-order valence-electron chi connectivity index (χ4n) is 4.29. The van der Waals surface area contributed by atoms with Gasteiger partial charge in [-0.25, -0.2) is 4.39 Å². The van der Waals surface area contributed by atoms with E-state index < -0.39 is 52.2 Å². The minimum atomic E-state index is -5.37. The fourth-order valence-corrected chi connectivity index (χ4v) is 4.51. The number of hydrogen-bond acceptors (Lipinski definition) is 4. The van der Waals surface area contributed by atoms with Crippen LogP contribution in [0.5, 0.6) is 0 Å². The quantitative estimate of drug-likeness (QED) is 0.449. The van der Waals surface area contributed by atoms with Crippen molar-refractivity contribution >= 4 is 23.2 Å². The lowest BCUT2D eigenvalue weighted by Crippen LogP contribution is -2.44. The summed E-state index contributed by atoms with van der Waals surface area (Å²) in [6.07, 6.45) is -10.6. The molecule has 2 aromatic carbocycles. The van der Waals surface area contributed by atoms with Crippen molar-refractivity contribution in [3.8, 4) is 6.07 Å². The fraction of sp³-hybridized carbons (Fsp3) is 0.375. The van der Waals surface area contributed by atoms with Gasteiger partial charge in [0.2, 0.25) is 0 Å². The van der Waals surface area contributed by atoms with E-state index in [2.05, 4.69) is 21.4 Å². The van der Waals surface area contributed by atoms with Gasteiger partial charge in [-0.2, -0.15) is 31.6 Å². The lowest BCUT2D eigenvalue weighted by molar-refractivity contribution is -0.276. The predicted octanol–water partition coefficient (Wildman–Crippen LogP) is 6.42. The van der Waals surface area contributed by atoms with Crippen molar-refractivity contribution in [2.45, 2.75) is 50.2 Å². The molecule has 1 N–H and O–H groups in total. The molecule has 1 fully saturated rings. The number of hydrogen-bond donors (Lipinski definition) is 1. The van der Waals surface area contributed by atoms with Crippen LogP contribution in [0.3, 0.4) is 0 Å². The average molecular weight is 548 g/mol. The van der Waals surface area contributed by atoms with Gasteiger partial charge in [0.05, 0.1) is 34.7 Å². The van der Waals surface area contributed by atoms with Crippen LogP contribution in [0.15, 0.2) is 35.5 Å². The monoisotopic (exact) mass is 547 g/mol. The van der Waals surface area contributed by atoms with Gasteiger partial charge in [-0.05, 0) is 55.2 Å². The molecule has 0 spiro atoms. The van der Waals surface area contributed by atoms with Crippen molar-refractivity contribution in [3.63, 3.8) is 0 Å². The minimum absolute atomic E-state index is 0.0170. The Morgan fingerprint density at radius 3 is 2.43 bits per heavy atom. The number of oxime groups is 1. The Bertz CT molecular complexity index is 1330. The highest BCUT2D eigenvalue weighted by Crippen LogP contribution is 2.51. The van der Waals surface area contributed by atoms with Gasteiger partial charge in [0.1, 0.15) is 5.82 Å². The Labute approximate surface area is 210 Å². The molecule has 0 bridgehead atoms. The standard InChI is InChI=1S/C24H17ClF7N3O2/c1-11-4-13(2-3-16(11)21(36)34-15-5-12(6-15)10-33)19-9-22(37-35-19,24(30,31)32)17-7-14(23(27,28)29)8-18(25)20(17)26/h2-4,7-8,12,15H,5-6,9H2,1H3,(H,34,36)/t12?,15?,22-/m0/s1. The molecule has 13 heteroatoms. The normalized spacial score (nSPS) is 23.5. The van der Waals surface area contributed by atoms with E-state index in [0.717, 1.165) is 0 Å². The average Bonchev–Trinajstić information content (AvgIpc) is 3.23. The third-order valence-corrected chi connectivity index (χ3v) is 6.71. The smallest absolute Gasteiger partial charge is 0.374 e. The van der Waals surface area contributed by atoms with Crippen LogP contribution < -0.4 is 5.32 Å². The van der Waals surface area contributed by atoms with Crippen molar-refractivity contribution in [3.05, 3.63) is 69.0 Å². The van der Waals surface area contributed by atoms with Gasteiger partial charge in [0.25, 0.3) is 11.5 Å². The molecular weight excluding hydrogens is 531 g/mol. The van der Waals surface area contributed by atoms with E-state index in [-0.39, 0.29) is 40.9 Å². The van der Waals surface area contributed by atoms with Crippen LogP contribution >= 0.6 is 11.6 Å². The molecule has 2 aliphatic rings. The number of carbonyl (C=O) groups is 1. The van der Waals surface area contributed by atoms with E-state index in [1.54, 1.807) is 0 Å². The number of nitrogens with zero attached hydrogens (tertiary/aromatic N) is 2. The van der Waals surface area contributed by atoms with Crippen molar-refractivity contribution < 1.29 is 40.4 Å². The van der Waals surface area contributed by atoms with E-state index in [0.29, 0.717) is 18.4 Å². The molecule has 1 aliphatic heterocycles. The predicted molar refractivity (Wildman–Crippen MR) is 117 cm³/mol. The number of carbonyl (C=O) groups excluding carboxylic acids is 1. The highest BCUT2D eigenvalue weighted by molar-refractivity contribution is 6.30. The van der Waals surface area contributed by atoms with E-state index in [1.165, 1.54) is 25.1 Å². The second kappa shape index (κ2) is 9.20. The maximum Gasteiger partial charge on any atom is 0.435 e. The van der Waals surface area contributed by atoms with Gasteiger partial charge >= 0.3 is 12.4 Å². The molecule has 37 heavy (non-hydrogen) atoms. The maximum atomic E-state index is 14.7. The summed E-state index contributed by atoms with van der Waals surface area (Å²) in [6.45, 7) is 1.54. The molecule has 0 radical (unpaired) electrons. The zero-order valence-corrected chi connectivity index (χ0v) is 19.7. The number of aryl methyl sites for hydroxylation is 1. The highest BCUT2D eigenvalue weighted by Gasteiger charge is 2.64. The van der Waals surface area contributed by atoms with Crippen molar-refractivity contribution in [1.82, 2.24) is 5.32 Å². The lowest BCUT2D eigenvalue weighted by Gasteiger charge is -2.31. The van der Waals surface area contributed by atoms with E-state index in [1.807, 2.05) is 0 Å². The Morgan fingerprint density at radius 1 is 1.19 bits per heavy atom. The number of amides is 1. The second-order valence-corrected chi connectivity index (χ2v) is 9.35. The molecule has 1 saturated carbocycles. The van der Waals surface area contributed by atoms with Crippen LogP contribution in [-0.2, 0) is 16.6 Å². The third kappa shape index (κ3) is 4.84. The van der Waals surface area contributed by atoms with Crippen LogP contribution in [0.25, 0.3) is 0 Å². The molecule has 1 heterocycles. The first-order valence-corrected chi connectivity index (χ1v) is 11.2. The minimum Gasteiger partial charge on any atom is -0.374 e. The summed E-state index contributed by atoms with van der Waals surface area (Å²) < 4.78 is 97.1. The molecule has 0 unspecified atom stereocenters.